The molecular formula is C20H18N2O3. The fourth-order valence-corrected chi connectivity index (χ4v) is 3.01. The lowest BCUT2D eigenvalue weighted by molar-refractivity contribution is -0.114. The third-order valence-electron chi connectivity index (χ3n) is 4.09. The summed E-state index contributed by atoms with van der Waals surface area (Å²) >= 11 is 0. The Kier molecular flexibility index (Phi) is 4.48. The van der Waals surface area contributed by atoms with E-state index in [1.807, 2.05) is 42.5 Å². The van der Waals surface area contributed by atoms with Gasteiger partial charge in [0, 0.05) is 5.57 Å². The van der Waals surface area contributed by atoms with Crippen molar-refractivity contribution in [1.29, 1.82) is 0 Å². The van der Waals surface area contributed by atoms with Gasteiger partial charge in [0.15, 0.2) is 5.78 Å². The van der Waals surface area contributed by atoms with E-state index in [0.29, 0.717) is 11.0 Å². The molecule has 0 spiro atoms. The van der Waals surface area contributed by atoms with Crippen molar-refractivity contribution in [3.8, 4) is 0 Å². The van der Waals surface area contributed by atoms with Gasteiger partial charge in [0.1, 0.15) is 5.69 Å². The minimum absolute atomic E-state index is 0.115. The number of ketones is 1. The largest absolute Gasteiger partial charge is 0.512 e. The topological polar surface area (TPSA) is 83.0 Å². The zero-order valence-electron chi connectivity index (χ0n) is 14.0. The lowest BCUT2D eigenvalue weighted by atomic mass is 9.85. The number of para-hydroxylation sites is 2. The summed E-state index contributed by atoms with van der Waals surface area (Å²) in [5.74, 6) is -1.16. The van der Waals surface area contributed by atoms with Crippen molar-refractivity contribution in [1.82, 2.24) is 9.97 Å². The van der Waals surface area contributed by atoms with Gasteiger partial charge in [-0.2, -0.15) is 0 Å². The lowest BCUT2D eigenvalue weighted by Gasteiger charge is -2.19. The normalized spacial score (nSPS) is 13.4. The number of allylic oxidation sites excluding steroid dienone is 2. The fourth-order valence-electron chi connectivity index (χ4n) is 3.01. The van der Waals surface area contributed by atoms with Crippen molar-refractivity contribution in [2.45, 2.75) is 19.8 Å². The third-order valence-corrected chi connectivity index (χ3v) is 4.09. The molecule has 3 aromatic rings. The molecule has 0 unspecified atom stereocenters. The van der Waals surface area contributed by atoms with Gasteiger partial charge in [-0.05, 0) is 31.5 Å². The second kappa shape index (κ2) is 6.73. The number of carbonyl (C=O) groups excluding carboxylic acids is 1. The summed E-state index contributed by atoms with van der Waals surface area (Å²) in [6.07, 6.45) is 0. The number of aliphatic hydroxyl groups excluding tert-OH is 1. The van der Waals surface area contributed by atoms with Crippen LogP contribution in [-0.4, -0.2) is 20.9 Å². The number of nitrogens with one attached hydrogen (secondary N) is 1. The molecule has 25 heavy (non-hydrogen) atoms. The van der Waals surface area contributed by atoms with Gasteiger partial charge < -0.3 is 10.1 Å². The van der Waals surface area contributed by atoms with Gasteiger partial charge in [0.2, 0.25) is 0 Å². The van der Waals surface area contributed by atoms with E-state index in [1.54, 1.807) is 12.1 Å². The first-order chi connectivity index (χ1) is 12.0. The number of aromatic amines is 1. The van der Waals surface area contributed by atoms with Gasteiger partial charge in [0.05, 0.1) is 22.7 Å². The minimum atomic E-state index is -0.739. The van der Waals surface area contributed by atoms with E-state index in [-0.39, 0.29) is 28.4 Å². The van der Waals surface area contributed by atoms with E-state index in [0.717, 1.165) is 5.56 Å². The van der Waals surface area contributed by atoms with Crippen LogP contribution in [0.4, 0.5) is 0 Å². The number of Topliss-reactive ketones (excluding diaryl/α,β-unsaturated/α-hetero) is 1. The van der Waals surface area contributed by atoms with Crippen molar-refractivity contribution in [2.75, 3.05) is 0 Å². The Labute approximate surface area is 144 Å². The molecule has 5 heteroatoms. The van der Waals surface area contributed by atoms with Crippen molar-refractivity contribution in [3.05, 3.63) is 87.5 Å². The number of fused-ring (bicyclic) bond motifs is 1. The number of benzene rings is 2. The second-order valence-corrected chi connectivity index (χ2v) is 5.87. The zero-order chi connectivity index (χ0) is 18.0. The Bertz CT molecular complexity index is 1020. The van der Waals surface area contributed by atoms with Crippen LogP contribution in [0, 0.1) is 0 Å². The number of H-pyrrole nitrogens is 1. The molecule has 1 heterocycles. The number of rotatable bonds is 4. The quantitative estimate of drug-likeness (QED) is 0.565. The van der Waals surface area contributed by atoms with E-state index < -0.39 is 5.92 Å². The molecule has 0 amide bonds. The van der Waals surface area contributed by atoms with E-state index in [1.165, 1.54) is 13.8 Å². The van der Waals surface area contributed by atoms with Gasteiger partial charge in [-0.15, -0.1) is 0 Å². The monoisotopic (exact) mass is 334 g/mol. The molecule has 0 saturated heterocycles. The highest BCUT2D eigenvalue weighted by molar-refractivity contribution is 5.96. The van der Waals surface area contributed by atoms with Crippen LogP contribution in [0.5, 0.6) is 0 Å². The molecule has 126 valence electrons. The van der Waals surface area contributed by atoms with Gasteiger partial charge in [0.25, 0.3) is 5.56 Å². The molecule has 1 atom stereocenters. The second-order valence-electron chi connectivity index (χ2n) is 5.87. The van der Waals surface area contributed by atoms with Crippen LogP contribution in [-0.2, 0) is 4.79 Å². The number of carbonyl (C=O) groups is 1. The third kappa shape index (κ3) is 3.21. The Hall–Kier alpha value is -3.21. The predicted octanol–water partition coefficient (Wildman–Crippen LogP) is 3.48. The van der Waals surface area contributed by atoms with Crippen LogP contribution in [0.2, 0.25) is 0 Å². The standard InChI is InChI=1S/C20H18N2O3/c1-12(23)17(13(2)24)18(14-8-4-3-5-9-14)19-20(25)22-16-11-7-6-10-15(16)21-19/h3-11,18,23H,1-2H3,(H,22,25)/b17-12-/t18-/m0/s1. The highest BCUT2D eigenvalue weighted by Crippen LogP contribution is 2.31. The van der Waals surface area contributed by atoms with Crippen molar-refractivity contribution in [3.63, 3.8) is 0 Å². The maximum atomic E-state index is 12.7. The van der Waals surface area contributed by atoms with Gasteiger partial charge in [-0.1, -0.05) is 42.5 Å². The summed E-state index contributed by atoms with van der Waals surface area (Å²) in [5, 5.41) is 10.1. The molecule has 2 aromatic carbocycles. The Morgan fingerprint density at radius 1 is 1.04 bits per heavy atom. The van der Waals surface area contributed by atoms with E-state index in [2.05, 4.69) is 9.97 Å². The van der Waals surface area contributed by atoms with Crippen molar-refractivity contribution in [2.24, 2.45) is 0 Å². The fraction of sp³-hybridized carbons (Fsp3) is 0.150. The number of nitrogens with zero attached hydrogens (tertiary/aromatic N) is 1. The summed E-state index contributed by atoms with van der Waals surface area (Å²) in [5.41, 5.74) is 1.93. The molecule has 0 radical (unpaired) electrons. The average Bonchev–Trinajstić information content (AvgIpc) is 2.59. The maximum Gasteiger partial charge on any atom is 0.271 e. The zero-order valence-corrected chi connectivity index (χ0v) is 14.0. The van der Waals surface area contributed by atoms with E-state index >= 15 is 0 Å². The van der Waals surface area contributed by atoms with Crippen LogP contribution in [0.1, 0.15) is 31.0 Å². The van der Waals surface area contributed by atoms with Crippen LogP contribution >= 0.6 is 0 Å². The number of aliphatic hydroxyl groups is 1. The molecule has 5 nitrogen and oxygen atoms in total. The Balaban J connectivity index is 2.33. The Morgan fingerprint density at radius 3 is 2.32 bits per heavy atom. The van der Waals surface area contributed by atoms with Crippen LogP contribution in [0.25, 0.3) is 11.0 Å². The molecule has 0 saturated carbocycles. The van der Waals surface area contributed by atoms with Crippen LogP contribution in [0.15, 0.2) is 70.7 Å². The minimum Gasteiger partial charge on any atom is -0.512 e. The SMILES string of the molecule is CC(=O)/C(=C(\C)O)[C@H](c1ccccc1)c1nc2ccccc2[nH]c1=O. The van der Waals surface area contributed by atoms with Gasteiger partial charge in [-0.25, -0.2) is 4.98 Å². The molecule has 0 bridgehead atoms. The van der Waals surface area contributed by atoms with Crippen LogP contribution in [0.3, 0.4) is 0 Å². The molecular weight excluding hydrogens is 316 g/mol. The van der Waals surface area contributed by atoms with Crippen molar-refractivity contribution < 1.29 is 9.90 Å². The first-order valence-electron chi connectivity index (χ1n) is 7.93. The van der Waals surface area contributed by atoms with Gasteiger partial charge in [-0.3, -0.25) is 9.59 Å². The summed E-state index contributed by atoms with van der Waals surface area (Å²) in [6.45, 7) is 2.82. The molecule has 0 aliphatic rings. The smallest absolute Gasteiger partial charge is 0.271 e. The lowest BCUT2D eigenvalue weighted by Crippen LogP contribution is -2.23. The molecule has 3 rings (SSSR count). The van der Waals surface area contributed by atoms with Crippen molar-refractivity contribution >= 4 is 16.8 Å². The molecule has 0 aliphatic heterocycles. The molecule has 1 aromatic heterocycles. The Morgan fingerprint density at radius 2 is 1.68 bits per heavy atom. The average molecular weight is 334 g/mol. The summed E-state index contributed by atoms with van der Waals surface area (Å²) in [7, 11) is 0. The number of hydrogen-bond acceptors (Lipinski definition) is 4. The summed E-state index contributed by atoms with van der Waals surface area (Å²) in [4.78, 5) is 32.2. The maximum absolute atomic E-state index is 12.7. The summed E-state index contributed by atoms with van der Waals surface area (Å²) in [6, 6.07) is 16.3. The molecule has 2 N–H and O–H groups in total. The number of hydrogen-bond donors (Lipinski definition) is 2. The van der Waals surface area contributed by atoms with E-state index in [9.17, 15) is 14.7 Å². The number of aromatic nitrogens is 2. The van der Waals surface area contributed by atoms with E-state index in [4.69, 9.17) is 0 Å². The highest BCUT2D eigenvalue weighted by Gasteiger charge is 2.28. The van der Waals surface area contributed by atoms with Gasteiger partial charge >= 0.3 is 0 Å². The predicted molar refractivity (Wildman–Crippen MR) is 96.7 cm³/mol. The first-order valence-corrected chi connectivity index (χ1v) is 7.93. The molecule has 0 aliphatic carbocycles. The molecule has 0 fully saturated rings. The van der Waals surface area contributed by atoms with Crippen LogP contribution < -0.4 is 5.56 Å². The summed E-state index contributed by atoms with van der Waals surface area (Å²) < 4.78 is 0. The first kappa shape index (κ1) is 16.6. The highest BCUT2D eigenvalue weighted by atomic mass is 16.3.